The van der Waals surface area contributed by atoms with Crippen molar-refractivity contribution in [3.63, 3.8) is 0 Å². The van der Waals surface area contributed by atoms with Crippen molar-refractivity contribution < 1.29 is 9.90 Å². The number of aryl methyl sites for hydroxylation is 2. The van der Waals surface area contributed by atoms with Gasteiger partial charge in [0.15, 0.2) is 0 Å². The Morgan fingerprint density at radius 1 is 1.44 bits per heavy atom. The molecule has 18 heavy (non-hydrogen) atoms. The van der Waals surface area contributed by atoms with Gasteiger partial charge in [0.05, 0.1) is 0 Å². The molecule has 1 saturated carbocycles. The molecular weight excluding hydrogens is 226 g/mol. The first-order chi connectivity index (χ1) is 8.66. The highest BCUT2D eigenvalue weighted by Crippen LogP contribution is 2.43. The minimum atomic E-state index is -0.734. The molecule has 0 radical (unpaired) electrons. The number of para-hydroxylation sites is 1. The van der Waals surface area contributed by atoms with Gasteiger partial charge in [-0.1, -0.05) is 18.2 Å². The van der Waals surface area contributed by atoms with Gasteiger partial charge in [0.25, 0.3) is 0 Å². The third kappa shape index (κ3) is 1.90. The van der Waals surface area contributed by atoms with E-state index < -0.39 is 5.97 Å². The van der Waals surface area contributed by atoms with E-state index in [9.17, 15) is 4.79 Å². The Morgan fingerprint density at radius 3 is 2.89 bits per heavy atom. The first kappa shape index (κ1) is 11.3. The molecule has 0 spiro atoms. The maximum absolute atomic E-state index is 10.7. The number of hydrogen-bond acceptors (Lipinski definition) is 1. The average molecular weight is 243 g/mol. The molecule has 0 atom stereocenters. The number of carboxylic acid groups (broad SMARTS) is 1. The summed E-state index contributed by atoms with van der Waals surface area (Å²) in [4.78, 5) is 14.2. The molecule has 1 heterocycles. The molecule has 0 amide bonds. The van der Waals surface area contributed by atoms with Gasteiger partial charge in [-0.05, 0) is 43.2 Å². The Kier molecular flexibility index (Phi) is 2.62. The number of nitrogens with one attached hydrogen (secondary N) is 1. The van der Waals surface area contributed by atoms with Crippen LogP contribution in [0.5, 0.6) is 0 Å². The summed E-state index contributed by atoms with van der Waals surface area (Å²) in [5, 5.41) is 10.0. The quantitative estimate of drug-likeness (QED) is 0.865. The summed E-state index contributed by atoms with van der Waals surface area (Å²) >= 11 is 0. The standard InChI is InChI=1S/C15H17NO2/c1-9-11(7-8-14(17)18)13-4-2-3-12(10-5-6-10)15(13)16-9/h2-4,10,16H,5-8H2,1H3,(H,17,18). The number of carbonyl (C=O) groups is 1. The fourth-order valence-electron chi connectivity index (χ4n) is 2.71. The summed E-state index contributed by atoms with van der Waals surface area (Å²) in [5.41, 5.74) is 4.89. The fraction of sp³-hybridized carbons (Fsp3) is 0.400. The number of aromatic amines is 1. The van der Waals surface area contributed by atoms with Gasteiger partial charge in [0.2, 0.25) is 0 Å². The number of aliphatic carboxylic acids is 1. The van der Waals surface area contributed by atoms with E-state index in [2.05, 4.69) is 23.2 Å². The van der Waals surface area contributed by atoms with Gasteiger partial charge >= 0.3 is 5.97 Å². The van der Waals surface area contributed by atoms with Gasteiger partial charge in [0.1, 0.15) is 0 Å². The Hall–Kier alpha value is -1.77. The molecule has 94 valence electrons. The van der Waals surface area contributed by atoms with E-state index in [0.29, 0.717) is 12.3 Å². The molecule has 1 aliphatic carbocycles. The zero-order valence-corrected chi connectivity index (χ0v) is 10.5. The van der Waals surface area contributed by atoms with Crippen LogP contribution in [0, 0.1) is 6.92 Å². The number of rotatable bonds is 4. The molecule has 3 nitrogen and oxygen atoms in total. The highest BCUT2D eigenvalue weighted by molar-refractivity contribution is 5.88. The molecule has 1 fully saturated rings. The van der Waals surface area contributed by atoms with Gasteiger partial charge in [-0.25, -0.2) is 0 Å². The van der Waals surface area contributed by atoms with Gasteiger partial charge in [-0.2, -0.15) is 0 Å². The Balaban J connectivity index is 2.05. The highest BCUT2D eigenvalue weighted by atomic mass is 16.4. The van der Waals surface area contributed by atoms with E-state index in [-0.39, 0.29) is 6.42 Å². The number of H-pyrrole nitrogens is 1. The number of aromatic nitrogens is 1. The zero-order valence-electron chi connectivity index (χ0n) is 10.5. The lowest BCUT2D eigenvalue weighted by atomic mass is 10.0. The van der Waals surface area contributed by atoms with Crippen LogP contribution in [0.2, 0.25) is 0 Å². The predicted molar refractivity (Wildman–Crippen MR) is 71.0 cm³/mol. The summed E-state index contributed by atoms with van der Waals surface area (Å²) in [5.74, 6) is -0.0267. The topological polar surface area (TPSA) is 53.1 Å². The number of carboxylic acids is 1. The van der Waals surface area contributed by atoms with Crippen LogP contribution in [-0.4, -0.2) is 16.1 Å². The maximum Gasteiger partial charge on any atom is 0.303 e. The SMILES string of the molecule is Cc1[nH]c2c(C3CC3)cccc2c1CCC(=O)O. The van der Waals surface area contributed by atoms with E-state index >= 15 is 0 Å². The number of fused-ring (bicyclic) bond motifs is 1. The van der Waals surface area contributed by atoms with Crippen LogP contribution in [0.4, 0.5) is 0 Å². The van der Waals surface area contributed by atoms with E-state index in [1.165, 1.54) is 29.3 Å². The van der Waals surface area contributed by atoms with Crippen LogP contribution in [0.25, 0.3) is 10.9 Å². The molecule has 0 aliphatic heterocycles. The molecular formula is C15H17NO2. The van der Waals surface area contributed by atoms with E-state index in [1.807, 2.05) is 6.92 Å². The third-order valence-electron chi connectivity index (χ3n) is 3.79. The average Bonchev–Trinajstić information content (AvgIpc) is 3.10. The Bertz CT molecular complexity index is 608. The number of benzene rings is 1. The Labute approximate surface area is 106 Å². The molecule has 2 aromatic rings. The van der Waals surface area contributed by atoms with Crippen molar-refractivity contribution in [3.05, 3.63) is 35.0 Å². The minimum absolute atomic E-state index is 0.196. The lowest BCUT2D eigenvalue weighted by Crippen LogP contribution is -1.98. The van der Waals surface area contributed by atoms with Crippen LogP contribution < -0.4 is 0 Å². The predicted octanol–water partition coefficient (Wildman–Crippen LogP) is 3.37. The number of hydrogen-bond donors (Lipinski definition) is 2. The first-order valence-electron chi connectivity index (χ1n) is 6.48. The fourth-order valence-corrected chi connectivity index (χ4v) is 2.71. The van der Waals surface area contributed by atoms with E-state index in [4.69, 9.17) is 5.11 Å². The van der Waals surface area contributed by atoms with E-state index in [0.717, 1.165) is 11.3 Å². The lowest BCUT2D eigenvalue weighted by molar-refractivity contribution is -0.136. The van der Waals surface area contributed by atoms with Gasteiger partial charge in [-0.15, -0.1) is 0 Å². The molecule has 1 aromatic heterocycles. The first-order valence-corrected chi connectivity index (χ1v) is 6.48. The van der Waals surface area contributed by atoms with Crippen LogP contribution >= 0.6 is 0 Å². The van der Waals surface area contributed by atoms with E-state index in [1.54, 1.807) is 0 Å². The summed E-state index contributed by atoms with van der Waals surface area (Å²) in [6.07, 6.45) is 3.36. The minimum Gasteiger partial charge on any atom is -0.481 e. The summed E-state index contributed by atoms with van der Waals surface area (Å²) < 4.78 is 0. The molecule has 0 saturated heterocycles. The van der Waals surface area contributed by atoms with Crippen molar-refractivity contribution in [2.24, 2.45) is 0 Å². The summed E-state index contributed by atoms with van der Waals surface area (Å²) in [7, 11) is 0. The van der Waals surface area contributed by atoms with Crippen LogP contribution in [0.1, 0.15) is 42.0 Å². The molecule has 3 rings (SSSR count). The second-order valence-corrected chi connectivity index (χ2v) is 5.17. The van der Waals surface area contributed by atoms with Crippen molar-refractivity contribution in [2.75, 3.05) is 0 Å². The zero-order chi connectivity index (χ0) is 12.7. The lowest BCUT2D eigenvalue weighted by Gasteiger charge is -2.01. The second-order valence-electron chi connectivity index (χ2n) is 5.17. The van der Waals surface area contributed by atoms with Crippen LogP contribution in [0.3, 0.4) is 0 Å². The third-order valence-corrected chi connectivity index (χ3v) is 3.79. The molecule has 0 unspecified atom stereocenters. The van der Waals surface area contributed by atoms with Crippen molar-refractivity contribution in [1.82, 2.24) is 4.98 Å². The molecule has 3 heteroatoms. The smallest absolute Gasteiger partial charge is 0.303 e. The van der Waals surface area contributed by atoms with Crippen molar-refractivity contribution in [2.45, 2.75) is 38.5 Å². The Morgan fingerprint density at radius 2 is 2.22 bits per heavy atom. The summed E-state index contributed by atoms with van der Waals surface area (Å²) in [6, 6.07) is 6.38. The van der Waals surface area contributed by atoms with Gasteiger partial charge in [-0.3, -0.25) is 4.79 Å². The monoisotopic (exact) mass is 243 g/mol. The maximum atomic E-state index is 10.7. The summed E-state index contributed by atoms with van der Waals surface area (Å²) in [6.45, 7) is 2.04. The normalized spacial score (nSPS) is 15.2. The van der Waals surface area contributed by atoms with Crippen molar-refractivity contribution in [3.8, 4) is 0 Å². The van der Waals surface area contributed by atoms with Crippen molar-refractivity contribution >= 4 is 16.9 Å². The largest absolute Gasteiger partial charge is 0.481 e. The van der Waals surface area contributed by atoms with Crippen molar-refractivity contribution in [1.29, 1.82) is 0 Å². The second kappa shape index (κ2) is 4.16. The molecule has 1 aromatic carbocycles. The van der Waals surface area contributed by atoms with Gasteiger partial charge in [0, 0.05) is 23.0 Å². The molecule has 2 N–H and O–H groups in total. The molecule has 0 bridgehead atoms. The van der Waals surface area contributed by atoms with Crippen LogP contribution in [0.15, 0.2) is 18.2 Å². The molecule has 1 aliphatic rings. The van der Waals surface area contributed by atoms with Crippen LogP contribution in [-0.2, 0) is 11.2 Å². The van der Waals surface area contributed by atoms with Gasteiger partial charge < -0.3 is 10.1 Å². The highest BCUT2D eigenvalue weighted by Gasteiger charge is 2.26.